The van der Waals surface area contributed by atoms with Crippen LogP contribution in [0, 0.1) is 0 Å². The Labute approximate surface area is 141 Å². The van der Waals surface area contributed by atoms with Crippen molar-refractivity contribution in [1.29, 1.82) is 0 Å². The number of rotatable bonds is 2. The van der Waals surface area contributed by atoms with Gasteiger partial charge in [0.15, 0.2) is 5.69 Å². The topological polar surface area (TPSA) is 63.1 Å². The van der Waals surface area contributed by atoms with Crippen molar-refractivity contribution >= 4 is 18.3 Å². The van der Waals surface area contributed by atoms with Crippen molar-refractivity contribution in [3.8, 4) is 5.69 Å². The highest BCUT2D eigenvalue weighted by atomic mass is 35.5. The molecule has 2 aliphatic rings. The molecular weight excluding hydrogens is 314 g/mol. The molecule has 0 aliphatic carbocycles. The summed E-state index contributed by atoms with van der Waals surface area (Å²) in [6.45, 7) is 1.57. The van der Waals surface area contributed by atoms with Gasteiger partial charge in [0, 0.05) is 25.2 Å². The number of likely N-dealkylation sites (tertiary alicyclic amines) is 1. The van der Waals surface area contributed by atoms with E-state index in [4.69, 9.17) is 0 Å². The summed E-state index contributed by atoms with van der Waals surface area (Å²) < 4.78 is 0. The van der Waals surface area contributed by atoms with Crippen LogP contribution in [0.3, 0.4) is 0 Å². The van der Waals surface area contributed by atoms with Crippen LogP contribution in [-0.4, -0.2) is 51.0 Å². The third kappa shape index (κ3) is 3.23. The molecule has 2 atom stereocenters. The van der Waals surface area contributed by atoms with Gasteiger partial charge in [0.25, 0.3) is 5.91 Å². The first-order valence-electron chi connectivity index (χ1n) is 7.83. The molecule has 0 radical (unpaired) electrons. The van der Waals surface area contributed by atoms with E-state index in [0.29, 0.717) is 17.8 Å². The lowest BCUT2D eigenvalue weighted by molar-refractivity contribution is 0.0741. The summed E-state index contributed by atoms with van der Waals surface area (Å²) in [7, 11) is 0. The van der Waals surface area contributed by atoms with E-state index < -0.39 is 0 Å². The molecular formula is C16H20ClN5O. The van der Waals surface area contributed by atoms with Gasteiger partial charge in [-0.05, 0) is 31.4 Å². The maximum atomic E-state index is 12.7. The molecule has 0 spiro atoms. The SMILES string of the molecule is Cl.O=C(c1cnn(-c2ccccc2)n1)N1CCC2CCC(C1)N2. The highest BCUT2D eigenvalue weighted by molar-refractivity contribution is 5.92. The fourth-order valence-electron chi connectivity index (χ4n) is 3.34. The maximum absolute atomic E-state index is 12.7. The Morgan fingerprint density at radius 3 is 2.74 bits per heavy atom. The molecule has 23 heavy (non-hydrogen) atoms. The van der Waals surface area contributed by atoms with Crippen LogP contribution >= 0.6 is 12.4 Å². The lowest BCUT2D eigenvalue weighted by Crippen LogP contribution is -2.39. The number of fused-ring (bicyclic) bond motifs is 2. The lowest BCUT2D eigenvalue weighted by atomic mass is 10.1. The van der Waals surface area contributed by atoms with E-state index in [2.05, 4.69) is 15.5 Å². The van der Waals surface area contributed by atoms with Crippen molar-refractivity contribution < 1.29 is 4.79 Å². The van der Waals surface area contributed by atoms with Gasteiger partial charge in [-0.15, -0.1) is 17.5 Å². The van der Waals surface area contributed by atoms with Gasteiger partial charge in [0.1, 0.15) is 0 Å². The van der Waals surface area contributed by atoms with Gasteiger partial charge in [-0.25, -0.2) is 0 Å². The number of carbonyl (C=O) groups excluding carboxylic acids is 1. The molecule has 1 aromatic heterocycles. The summed E-state index contributed by atoms with van der Waals surface area (Å²) in [6, 6.07) is 10.6. The van der Waals surface area contributed by atoms with Gasteiger partial charge in [-0.2, -0.15) is 9.90 Å². The summed E-state index contributed by atoms with van der Waals surface area (Å²) in [5.74, 6) is -0.0171. The molecule has 122 valence electrons. The molecule has 1 N–H and O–H groups in total. The number of benzene rings is 1. The molecule has 6 nitrogen and oxygen atoms in total. The summed E-state index contributed by atoms with van der Waals surface area (Å²) >= 11 is 0. The van der Waals surface area contributed by atoms with Gasteiger partial charge < -0.3 is 10.2 Å². The predicted octanol–water partition coefficient (Wildman–Crippen LogP) is 1.66. The molecule has 2 unspecified atom stereocenters. The van der Waals surface area contributed by atoms with E-state index in [1.807, 2.05) is 35.2 Å². The van der Waals surface area contributed by atoms with Gasteiger partial charge in [-0.1, -0.05) is 18.2 Å². The highest BCUT2D eigenvalue weighted by Gasteiger charge is 2.32. The van der Waals surface area contributed by atoms with Crippen molar-refractivity contribution in [1.82, 2.24) is 25.2 Å². The molecule has 3 heterocycles. The third-order valence-electron chi connectivity index (χ3n) is 4.51. The number of nitrogens with one attached hydrogen (secondary N) is 1. The zero-order chi connectivity index (χ0) is 14.9. The first kappa shape index (κ1) is 16.0. The summed E-state index contributed by atoms with van der Waals surface area (Å²) in [4.78, 5) is 16.1. The number of amides is 1. The molecule has 2 aliphatic heterocycles. The fourth-order valence-corrected chi connectivity index (χ4v) is 3.34. The van der Waals surface area contributed by atoms with Crippen molar-refractivity contribution in [2.75, 3.05) is 13.1 Å². The Balaban J connectivity index is 0.00000156. The number of carbonyl (C=O) groups is 1. The average molecular weight is 334 g/mol. The molecule has 0 saturated carbocycles. The van der Waals surface area contributed by atoms with Crippen LogP contribution in [0.5, 0.6) is 0 Å². The van der Waals surface area contributed by atoms with E-state index in [-0.39, 0.29) is 18.3 Å². The Kier molecular flexibility index (Phi) is 4.63. The zero-order valence-electron chi connectivity index (χ0n) is 12.8. The highest BCUT2D eigenvalue weighted by Crippen LogP contribution is 2.21. The molecule has 1 aromatic carbocycles. The number of nitrogens with zero attached hydrogens (tertiary/aromatic N) is 4. The normalized spacial score (nSPS) is 23.2. The van der Waals surface area contributed by atoms with Crippen molar-refractivity contribution in [2.45, 2.75) is 31.3 Å². The molecule has 2 bridgehead atoms. The zero-order valence-corrected chi connectivity index (χ0v) is 13.6. The van der Waals surface area contributed by atoms with Gasteiger partial charge in [0.05, 0.1) is 11.9 Å². The summed E-state index contributed by atoms with van der Waals surface area (Å²) in [6.07, 6.45) is 4.98. The van der Waals surface area contributed by atoms with Crippen LogP contribution < -0.4 is 5.32 Å². The van der Waals surface area contributed by atoms with Crippen LogP contribution in [-0.2, 0) is 0 Å². The number of hydrogen-bond acceptors (Lipinski definition) is 4. The Hall–Kier alpha value is -1.92. The molecule has 1 amide bonds. The van der Waals surface area contributed by atoms with Gasteiger partial charge >= 0.3 is 0 Å². The van der Waals surface area contributed by atoms with Crippen LogP contribution in [0.2, 0.25) is 0 Å². The first-order chi connectivity index (χ1) is 10.8. The maximum Gasteiger partial charge on any atom is 0.276 e. The minimum absolute atomic E-state index is 0. The van der Waals surface area contributed by atoms with Gasteiger partial charge in [0.2, 0.25) is 0 Å². The van der Waals surface area contributed by atoms with Crippen LogP contribution in [0.15, 0.2) is 36.5 Å². The van der Waals surface area contributed by atoms with Crippen molar-refractivity contribution in [3.63, 3.8) is 0 Å². The smallest absolute Gasteiger partial charge is 0.276 e. The first-order valence-corrected chi connectivity index (χ1v) is 7.83. The number of aromatic nitrogens is 3. The Morgan fingerprint density at radius 2 is 1.91 bits per heavy atom. The van der Waals surface area contributed by atoms with Crippen molar-refractivity contribution in [2.24, 2.45) is 0 Å². The second-order valence-electron chi connectivity index (χ2n) is 6.03. The van der Waals surface area contributed by atoms with E-state index >= 15 is 0 Å². The van der Waals surface area contributed by atoms with Crippen LogP contribution in [0.1, 0.15) is 29.8 Å². The third-order valence-corrected chi connectivity index (χ3v) is 4.51. The number of para-hydroxylation sites is 1. The molecule has 2 aromatic rings. The summed E-state index contributed by atoms with van der Waals surface area (Å²) in [5.41, 5.74) is 1.28. The Bertz CT molecular complexity index is 674. The van der Waals surface area contributed by atoms with Crippen LogP contribution in [0.25, 0.3) is 5.69 Å². The second kappa shape index (κ2) is 6.68. The molecule has 2 fully saturated rings. The van der Waals surface area contributed by atoms with Crippen molar-refractivity contribution in [3.05, 3.63) is 42.2 Å². The number of hydrogen-bond donors (Lipinski definition) is 1. The lowest BCUT2D eigenvalue weighted by Gasteiger charge is -2.23. The van der Waals surface area contributed by atoms with E-state index in [0.717, 1.165) is 31.6 Å². The quantitative estimate of drug-likeness (QED) is 0.907. The van der Waals surface area contributed by atoms with E-state index in [9.17, 15) is 4.79 Å². The molecule has 7 heteroatoms. The molecule has 2 saturated heterocycles. The minimum atomic E-state index is -0.0171. The predicted molar refractivity (Wildman–Crippen MR) is 89.1 cm³/mol. The fraction of sp³-hybridized carbons (Fsp3) is 0.438. The Morgan fingerprint density at radius 1 is 1.13 bits per heavy atom. The monoisotopic (exact) mass is 333 g/mol. The summed E-state index contributed by atoms with van der Waals surface area (Å²) in [5, 5.41) is 12.1. The second-order valence-corrected chi connectivity index (χ2v) is 6.03. The standard InChI is InChI=1S/C16H19N5O.ClH/c22-16(20-9-8-12-6-7-13(11-20)18-12)15-10-17-21(19-15)14-4-2-1-3-5-14;/h1-5,10,12-13,18H,6-9,11H2;1H. The minimum Gasteiger partial charge on any atom is -0.336 e. The largest absolute Gasteiger partial charge is 0.336 e. The molecule has 4 rings (SSSR count). The van der Waals surface area contributed by atoms with E-state index in [1.165, 1.54) is 11.2 Å². The van der Waals surface area contributed by atoms with Gasteiger partial charge in [-0.3, -0.25) is 4.79 Å². The van der Waals surface area contributed by atoms with Crippen LogP contribution in [0.4, 0.5) is 0 Å². The number of halogens is 1. The van der Waals surface area contributed by atoms with E-state index in [1.54, 1.807) is 6.20 Å². The average Bonchev–Trinajstić information content (AvgIpc) is 3.14.